The molecular formula is C15H22N2O3S. The third-order valence-corrected chi connectivity index (χ3v) is 6.09. The van der Waals surface area contributed by atoms with Gasteiger partial charge in [0, 0.05) is 38.2 Å². The molecule has 1 saturated heterocycles. The van der Waals surface area contributed by atoms with E-state index in [4.69, 9.17) is 0 Å². The first-order valence-corrected chi connectivity index (χ1v) is 8.68. The zero-order valence-electron chi connectivity index (χ0n) is 12.5. The standard InChI is InChI=1S/C15H22N2O3S/c1-3-16(2)21(19,20)17-11-7-10-14(17)12-15(18)13-8-5-4-6-9-13/h4-6,8-9,14H,3,7,10-12H2,1-2H3/t14-/m0/s1. The number of carbonyl (C=O) groups is 1. The lowest BCUT2D eigenvalue weighted by molar-refractivity contribution is 0.0960. The van der Waals surface area contributed by atoms with Crippen molar-refractivity contribution in [1.82, 2.24) is 8.61 Å². The van der Waals surface area contributed by atoms with Crippen LogP contribution in [0.25, 0.3) is 0 Å². The number of hydrogen-bond acceptors (Lipinski definition) is 3. The predicted molar refractivity (Wildman–Crippen MR) is 82.3 cm³/mol. The average molecular weight is 310 g/mol. The van der Waals surface area contributed by atoms with Crippen molar-refractivity contribution in [2.24, 2.45) is 0 Å². The molecule has 1 aliphatic heterocycles. The molecule has 1 aliphatic rings. The molecule has 0 aromatic heterocycles. The fraction of sp³-hybridized carbons (Fsp3) is 0.533. The average Bonchev–Trinajstić information content (AvgIpc) is 2.96. The highest BCUT2D eigenvalue weighted by Gasteiger charge is 2.37. The third kappa shape index (κ3) is 3.51. The van der Waals surface area contributed by atoms with Crippen LogP contribution < -0.4 is 0 Å². The number of rotatable bonds is 6. The Morgan fingerprint density at radius 1 is 1.33 bits per heavy atom. The first-order valence-electron chi connectivity index (χ1n) is 7.28. The van der Waals surface area contributed by atoms with Crippen LogP contribution in [-0.2, 0) is 10.2 Å². The summed E-state index contributed by atoms with van der Waals surface area (Å²) in [4.78, 5) is 12.3. The van der Waals surface area contributed by atoms with E-state index in [1.165, 1.54) is 8.61 Å². The minimum Gasteiger partial charge on any atom is -0.294 e. The van der Waals surface area contributed by atoms with Crippen molar-refractivity contribution in [3.63, 3.8) is 0 Å². The summed E-state index contributed by atoms with van der Waals surface area (Å²) in [5, 5.41) is 0. The Bertz CT molecular complexity index is 586. The molecule has 5 nitrogen and oxygen atoms in total. The molecule has 0 aliphatic carbocycles. The Kier molecular flexibility index (Phi) is 5.13. The van der Waals surface area contributed by atoms with Crippen LogP contribution in [0.1, 0.15) is 36.5 Å². The van der Waals surface area contributed by atoms with Crippen molar-refractivity contribution in [3.05, 3.63) is 35.9 Å². The molecule has 1 atom stereocenters. The lowest BCUT2D eigenvalue weighted by Gasteiger charge is -2.27. The summed E-state index contributed by atoms with van der Waals surface area (Å²) in [7, 11) is -1.88. The first-order chi connectivity index (χ1) is 9.96. The van der Waals surface area contributed by atoms with Crippen LogP contribution in [0.3, 0.4) is 0 Å². The van der Waals surface area contributed by atoms with Gasteiger partial charge in [-0.1, -0.05) is 37.3 Å². The van der Waals surface area contributed by atoms with Crippen LogP contribution in [0.4, 0.5) is 0 Å². The van der Waals surface area contributed by atoms with Gasteiger partial charge in [-0.15, -0.1) is 0 Å². The van der Waals surface area contributed by atoms with Gasteiger partial charge < -0.3 is 0 Å². The maximum Gasteiger partial charge on any atom is 0.281 e. The van der Waals surface area contributed by atoms with Crippen molar-refractivity contribution < 1.29 is 13.2 Å². The van der Waals surface area contributed by atoms with Crippen molar-refractivity contribution in [2.45, 2.75) is 32.2 Å². The van der Waals surface area contributed by atoms with Gasteiger partial charge in [0.05, 0.1) is 0 Å². The van der Waals surface area contributed by atoms with E-state index < -0.39 is 10.2 Å². The molecule has 0 N–H and O–H groups in total. The van der Waals surface area contributed by atoms with Gasteiger partial charge >= 0.3 is 0 Å². The molecule has 1 aromatic carbocycles. The van der Waals surface area contributed by atoms with Crippen LogP contribution in [0.15, 0.2) is 30.3 Å². The van der Waals surface area contributed by atoms with Gasteiger partial charge in [0.25, 0.3) is 10.2 Å². The molecule has 0 amide bonds. The normalized spacial score (nSPS) is 20.0. The SMILES string of the molecule is CCN(C)S(=O)(=O)N1CCC[C@H]1CC(=O)c1ccccc1. The lowest BCUT2D eigenvalue weighted by Crippen LogP contribution is -2.44. The molecular weight excluding hydrogens is 288 g/mol. The van der Waals surface area contributed by atoms with Crippen molar-refractivity contribution in [1.29, 1.82) is 0 Å². The largest absolute Gasteiger partial charge is 0.294 e. The first kappa shape index (κ1) is 16.1. The number of hydrogen-bond donors (Lipinski definition) is 0. The summed E-state index contributed by atoms with van der Waals surface area (Å²) >= 11 is 0. The van der Waals surface area contributed by atoms with E-state index in [9.17, 15) is 13.2 Å². The molecule has 0 saturated carbocycles. The van der Waals surface area contributed by atoms with Crippen molar-refractivity contribution in [2.75, 3.05) is 20.1 Å². The summed E-state index contributed by atoms with van der Waals surface area (Å²) in [6.07, 6.45) is 1.81. The smallest absolute Gasteiger partial charge is 0.281 e. The second kappa shape index (κ2) is 6.68. The van der Waals surface area contributed by atoms with Crippen LogP contribution in [0.2, 0.25) is 0 Å². The van der Waals surface area contributed by atoms with E-state index in [1.807, 2.05) is 18.2 Å². The number of benzene rings is 1. The molecule has 1 aromatic rings. The fourth-order valence-corrected chi connectivity index (χ4v) is 4.22. The highest BCUT2D eigenvalue weighted by molar-refractivity contribution is 7.86. The zero-order chi connectivity index (χ0) is 15.5. The molecule has 0 unspecified atom stereocenters. The van der Waals surface area contributed by atoms with Crippen LogP contribution in [0, 0.1) is 0 Å². The highest BCUT2D eigenvalue weighted by atomic mass is 32.2. The molecule has 0 spiro atoms. The van der Waals surface area contributed by atoms with Gasteiger partial charge in [0.1, 0.15) is 0 Å². The zero-order valence-corrected chi connectivity index (χ0v) is 13.3. The monoisotopic (exact) mass is 310 g/mol. The van der Waals surface area contributed by atoms with E-state index in [2.05, 4.69) is 0 Å². The van der Waals surface area contributed by atoms with Crippen molar-refractivity contribution >= 4 is 16.0 Å². The molecule has 116 valence electrons. The number of nitrogens with zero attached hydrogens (tertiary/aromatic N) is 2. The Morgan fingerprint density at radius 2 is 2.00 bits per heavy atom. The lowest BCUT2D eigenvalue weighted by atomic mass is 10.0. The maximum atomic E-state index is 12.4. The molecule has 1 fully saturated rings. The predicted octanol–water partition coefficient (Wildman–Crippen LogP) is 1.92. The van der Waals surface area contributed by atoms with Crippen molar-refractivity contribution in [3.8, 4) is 0 Å². The Balaban J connectivity index is 2.11. The van der Waals surface area contributed by atoms with Crippen LogP contribution in [0.5, 0.6) is 0 Å². The third-order valence-electron chi connectivity index (χ3n) is 3.98. The minimum atomic E-state index is -3.45. The molecule has 0 bridgehead atoms. The summed E-state index contributed by atoms with van der Waals surface area (Å²) in [6, 6.07) is 8.82. The Morgan fingerprint density at radius 3 is 2.62 bits per heavy atom. The minimum absolute atomic E-state index is 0.00171. The van der Waals surface area contributed by atoms with Gasteiger partial charge in [-0.05, 0) is 12.8 Å². The molecule has 21 heavy (non-hydrogen) atoms. The van der Waals surface area contributed by atoms with E-state index in [-0.39, 0.29) is 18.2 Å². The maximum absolute atomic E-state index is 12.4. The van der Waals surface area contributed by atoms with Gasteiger partial charge in [-0.25, -0.2) is 0 Å². The van der Waals surface area contributed by atoms with Gasteiger partial charge in [-0.3, -0.25) is 4.79 Å². The van der Waals surface area contributed by atoms with E-state index in [0.29, 0.717) is 18.7 Å². The van der Waals surface area contributed by atoms with E-state index in [0.717, 1.165) is 12.8 Å². The second-order valence-corrected chi connectivity index (χ2v) is 7.31. The number of Topliss-reactive ketones (excluding diaryl/α,β-unsaturated/α-hetero) is 1. The Hall–Kier alpha value is -1.24. The van der Waals surface area contributed by atoms with Gasteiger partial charge in [-0.2, -0.15) is 17.0 Å². The summed E-state index contributed by atoms with van der Waals surface area (Å²) in [5.74, 6) is 0.00171. The molecule has 1 heterocycles. The van der Waals surface area contributed by atoms with Gasteiger partial charge in [0.15, 0.2) is 5.78 Å². The highest BCUT2D eigenvalue weighted by Crippen LogP contribution is 2.26. The molecule has 0 radical (unpaired) electrons. The number of carbonyl (C=O) groups excluding carboxylic acids is 1. The molecule has 6 heteroatoms. The Labute approximate surface area is 126 Å². The van der Waals surface area contributed by atoms with Crippen LogP contribution >= 0.6 is 0 Å². The molecule has 2 rings (SSSR count). The number of ketones is 1. The fourth-order valence-electron chi connectivity index (χ4n) is 2.62. The summed E-state index contributed by atoms with van der Waals surface area (Å²) in [5.41, 5.74) is 0.644. The van der Waals surface area contributed by atoms with Crippen LogP contribution in [-0.4, -0.2) is 49.0 Å². The summed E-state index contributed by atoms with van der Waals surface area (Å²) < 4.78 is 27.7. The quantitative estimate of drug-likeness (QED) is 0.754. The van der Waals surface area contributed by atoms with E-state index in [1.54, 1.807) is 26.1 Å². The second-order valence-electron chi connectivity index (χ2n) is 5.32. The van der Waals surface area contributed by atoms with Gasteiger partial charge in [0.2, 0.25) is 0 Å². The summed E-state index contributed by atoms with van der Waals surface area (Å²) in [6.45, 7) is 2.73. The topological polar surface area (TPSA) is 57.7 Å². The van der Waals surface area contributed by atoms with E-state index >= 15 is 0 Å².